The first-order valence-corrected chi connectivity index (χ1v) is 5.51. The summed E-state index contributed by atoms with van der Waals surface area (Å²) in [5.74, 6) is 0. The average Bonchev–Trinajstić information content (AvgIpc) is 2.76. The first-order chi connectivity index (χ1) is 7.25. The Kier molecular flexibility index (Phi) is 12.1. The number of halogens is 2. The molecule has 1 nitrogen and oxygen atoms in total. The summed E-state index contributed by atoms with van der Waals surface area (Å²) < 4.78 is 4.11. The number of hydrogen-bond donors (Lipinski definition) is 0. The number of nitrogens with zero attached hydrogens (tertiary/aromatic N) is 1. The molecule has 0 aromatic heterocycles. The van der Waals surface area contributed by atoms with E-state index in [1.807, 2.05) is 18.2 Å². The molecule has 0 atom stereocenters. The summed E-state index contributed by atoms with van der Waals surface area (Å²) in [5.41, 5.74) is 3.57. The largest absolute Gasteiger partial charge is 0.273 e. The molecule has 0 N–H and O–H groups in total. The maximum Gasteiger partial charge on any atom is -0.109 e. The fraction of sp³-hybridized carbons (Fsp3) is 0.231. The summed E-state index contributed by atoms with van der Waals surface area (Å²) in [6.07, 6.45) is 10.0. The van der Waals surface area contributed by atoms with E-state index < -0.39 is 0 Å². The molecule has 0 saturated carbocycles. The SMILES string of the molecule is Cc1cccc(C)c1[N]=[V].Cl.Cl.[C-]1=CC=CC1. The van der Waals surface area contributed by atoms with E-state index in [1.165, 1.54) is 11.1 Å². The molecule has 0 aliphatic heterocycles. The first-order valence-electron chi connectivity index (χ1n) is 4.88. The molecule has 0 spiro atoms. The van der Waals surface area contributed by atoms with E-state index in [-0.39, 0.29) is 24.8 Å². The number of rotatable bonds is 1. The summed E-state index contributed by atoms with van der Waals surface area (Å²) in [4.78, 5) is 0. The quantitative estimate of drug-likeness (QED) is 0.660. The van der Waals surface area contributed by atoms with E-state index in [2.05, 4.69) is 59.2 Å². The van der Waals surface area contributed by atoms with Gasteiger partial charge in [0.05, 0.1) is 0 Å². The van der Waals surface area contributed by atoms with Gasteiger partial charge in [-0.2, -0.15) is 6.08 Å². The molecule has 0 fully saturated rings. The molecule has 0 saturated heterocycles. The number of allylic oxidation sites excluding steroid dienone is 4. The van der Waals surface area contributed by atoms with Crippen molar-refractivity contribution >= 4 is 30.5 Å². The Morgan fingerprint density at radius 1 is 1.18 bits per heavy atom. The monoisotopic (exact) mass is 307 g/mol. The predicted molar refractivity (Wildman–Crippen MR) is 74.1 cm³/mol. The maximum absolute atomic E-state index is 4.11. The van der Waals surface area contributed by atoms with Gasteiger partial charge in [-0.15, -0.1) is 31.2 Å². The minimum Gasteiger partial charge on any atom is -0.273 e. The third-order valence-corrected chi connectivity index (χ3v) is 2.44. The van der Waals surface area contributed by atoms with Crippen molar-refractivity contribution in [2.45, 2.75) is 20.3 Å². The van der Waals surface area contributed by atoms with Gasteiger partial charge in [0, 0.05) is 0 Å². The fourth-order valence-electron chi connectivity index (χ4n) is 1.30. The van der Waals surface area contributed by atoms with Crippen molar-refractivity contribution in [2.24, 2.45) is 3.79 Å². The van der Waals surface area contributed by atoms with Crippen LogP contribution in [0.5, 0.6) is 0 Å². The molecule has 0 unspecified atom stereocenters. The number of aryl methyl sites for hydroxylation is 2. The third-order valence-electron chi connectivity index (χ3n) is 2.13. The van der Waals surface area contributed by atoms with Crippen molar-refractivity contribution in [1.82, 2.24) is 0 Å². The van der Waals surface area contributed by atoms with Crippen molar-refractivity contribution < 1.29 is 17.2 Å². The van der Waals surface area contributed by atoms with Gasteiger partial charge < -0.3 is 0 Å². The van der Waals surface area contributed by atoms with Gasteiger partial charge in [-0.25, -0.2) is 12.2 Å². The normalized spacial score (nSPS) is 10.6. The van der Waals surface area contributed by atoms with Gasteiger partial charge in [-0.3, -0.25) is 6.08 Å². The molecule has 1 aliphatic rings. The van der Waals surface area contributed by atoms with Gasteiger partial charge in [-0.1, -0.05) is 0 Å². The van der Waals surface area contributed by atoms with E-state index in [1.54, 1.807) is 0 Å². The van der Waals surface area contributed by atoms with Crippen molar-refractivity contribution in [1.29, 1.82) is 0 Å². The molecule has 2 rings (SSSR count). The topological polar surface area (TPSA) is 12.4 Å². The predicted octanol–water partition coefficient (Wildman–Crippen LogP) is 4.81. The van der Waals surface area contributed by atoms with Crippen LogP contribution in [0.1, 0.15) is 17.5 Å². The number of hydrogen-bond acceptors (Lipinski definition) is 1. The Morgan fingerprint density at radius 3 is 2.00 bits per heavy atom. The zero-order chi connectivity index (χ0) is 11.1. The summed E-state index contributed by atoms with van der Waals surface area (Å²) in [5, 5.41) is 0. The zero-order valence-electron chi connectivity index (χ0n) is 9.88. The van der Waals surface area contributed by atoms with Crippen LogP contribution in [-0.4, -0.2) is 0 Å². The Labute approximate surface area is 125 Å². The average molecular weight is 308 g/mol. The van der Waals surface area contributed by atoms with E-state index in [0.29, 0.717) is 0 Å². The molecule has 0 amide bonds. The van der Waals surface area contributed by atoms with Crippen LogP contribution in [0.2, 0.25) is 0 Å². The summed E-state index contributed by atoms with van der Waals surface area (Å²) >= 11 is 2.25. The van der Waals surface area contributed by atoms with Crippen LogP contribution >= 0.6 is 24.8 Å². The first kappa shape index (κ1) is 19.0. The second-order valence-corrected chi connectivity index (χ2v) is 3.66. The van der Waals surface area contributed by atoms with E-state index in [9.17, 15) is 0 Å². The molecule has 1 aromatic rings. The molecule has 0 heterocycles. The summed E-state index contributed by atoms with van der Waals surface area (Å²) in [6.45, 7) is 4.14. The zero-order valence-corrected chi connectivity index (χ0v) is 12.9. The van der Waals surface area contributed by atoms with Crippen LogP contribution < -0.4 is 0 Å². The van der Waals surface area contributed by atoms with Crippen molar-refractivity contribution in [3.05, 3.63) is 53.6 Å². The molecule has 4 heteroatoms. The van der Waals surface area contributed by atoms with Crippen LogP contribution in [0.4, 0.5) is 5.69 Å². The second-order valence-electron chi connectivity index (χ2n) is 3.34. The molecule has 1 aliphatic carbocycles. The van der Waals surface area contributed by atoms with Crippen LogP contribution in [0.3, 0.4) is 0 Å². The van der Waals surface area contributed by atoms with Crippen LogP contribution in [0.25, 0.3) is 0 Å². The van der Waals surface area contributed by atoms with Crippen molar-refractivity contribution in [3.63, 3.8) is 0 Å². The summed E-state index contributed by atoms with van der Waals surface area (Å²) in [6, 6.07) is 6.19. The molecule has 0 radical (unpaired) electrons. The van der Waals surface area contributed by atoms with Crippen molar-refractivity contribution in [2.75, 3.05) is 0 Å². The molecule has 93 valence electrons. The molecule has 1 aromatic carbocycles. The fourth-order valence-corrected chi connectivity index (χ4v) is 1.80. The van der Waals surface area contributed by atoms with E-state index in [0.717, 1.165) is 12.1 Å². The molecular formula is C13H16Cl2NV-. The standard InChI is InChI=1S/C8H9N.C5H5.2ClH.V/c1-6-4-3-5-7(2)8(6)9;1-2-4-5-3-1;;;/h3-5H,1-2H3;1-3H,4H2;2*1H;/q;-1;;;. The van der Waals surface area contributed by atoms with Crippen LogP contribution in [-0.2, 0) is 17.2 Å². The Morgan fingerprint density at radius 2 is 1.76 bits per heavy atom. The molecular weight excluding hydrogens is 292 g/mol. The second kappa shape index (κ2) is 10.8. The van der Waals surface area contributed by atoms with Gasteiger partial charge >= 0.3 is 69.9 Å². The number of benzene rings is 1. The maximum atomic E-state index is 4.11. The van der Waals surface area contributed by atoms with Gasteiger partial charge in [-0.05, 0) is 0 Å². The smallest absolute Gasteiger partial charge is 0.109 e. The minimum absolute atomic E-state index is 0. The van der Waals surface area contributed by atoms with Gasteiger partial charge in [0.1, 0.15) is 0 Å². The Balaban J connectivity index is 0. The van der Waals surface area contributed by atoms with Gasteiger partial charge in [0.25, 0.3) is 0 Å². The summed E-state index contributed by atoms with van der Waals surface area (Å²) in [7, 11) is 0. The van der Waals surface area contributed by atoms with Gasteiger partial charge in [0.15, 0.2) is 0 Å². The molecule has 0 bridgehead atoms. The molecule has 17 heavy (non-hydrogen) atoms. The Hall–Kier alpha value is -0.336. The third kappa shape index (κ3) is 6.85. The van der Waals surface area contributed by atoms with Crippen molar-refractivity contribution in [3.8, 4) is 0 Å². The van der Waals surface area contributed by atoms with Crippen LogP contribution in [0, 0.1) is 19.9 Å². The Bertz CT molecular complexity index is 370. The minimum atomic E-state index is 0. The van der Waals surface area contributed by atoms with E-state index in [4.69, 9.17) is 0 Å². The van der Waals surface area contributed by atoms with E-state index >= 15 is 0 Å². The van der Waals surface area contributed by atoms with Gasteiger partial charge in [0.2, 0.25) is 0 Å². The van der Waals surface area contributed by atoms with Crippen LogP contribution in [0.15, 0.2) is 40.2 Å².